The van der Waals surface area contributed by atoms with Gasteiger partial charge in [-0.05, 0) is 32.7 Å². The first-order valence-corrected chi connectivity index (χ1v) is 5.39. The summed E-state index contributed by atoms with van der Waals surface area (Å²) in [6.45, 7) is 3.93. The summed E-state index contributed by atoms with van der Waals surface area (Å²) in [5, 5.41) is 3.60. The number of hydrogen-bond donors (Lipinski definition) is 2. The summed E-state index contributed by atoms with van der Waals surface area (Å²) in [6, 6.07) is 0. The van der Waals surface area contributed by atoms with E-state index in [1.165, 1.54) is 25.7 Å². The molecule has 0 amide bonds. The van der Waals surface area contributed by atoms with E-state index in [1.807, 2.05) is 0 Å². The molecule has 0 atom stereocenters. The first-order chi connectivity index (χ1) is 6.33. The maximum absolute atomic E-state index is 5.80. The molecule has 0 aromatic rings. The molecule has 0 aromatic heterocycles. The van der Waals surface area contributed by atoms with E-state index in [1.54, 1.807) is 0 Å². The average Bonchev–Trinajstić information content (AvgIpc) is 2.62. The van der Waals surface area contributed by atoms with E-state index in [2.05, 4.69) is 24.4 Å². The fourth-order valence-electron chi connectivity index (χ4n) is 2.09. The van der Waals surface area contributed by atoms with E-state index >= 15 is 0 Å². The Balaban J connectivity index is 2.23. The Morgan fingerprint density at radius 3 is 2.62 bits per heavy atom. The van der Waals surface area contributed by atoms with Gasteiger partial charge < -0.3 is 11.1 Å². The van der Waals surface area contributed by atoms with Crippen LogP contribution in [0.3, 0.4) is 0 Å². The summed E-state index contributed by atoms with van der Waals surface area (Å²) >= 11 is 0. The number of rotatable bonds is 5. The lowest BCUT2D eigenvalue weighted by Crippen LogP contribution is -2.49. The van der Waals surface area contributed by atoms with Crippen LogP contribution in [-0.4, -0.2) is 18.6 Å². The van der Waals surface area contributed by atoms with Gasteiger partial charge in [0.05, 0.1) is 0 Å². The topological polar surface area (TPSA) is 38.0 Å². The smallest absolute Gasteiger partial charge is 0.0304 e. The van der Waals surface area contributed by atoms with Gasteiger partial charge in [0.25, 0.3) is 0 Å². The molecule has 2 nitrogen and oxygen atoms in total. The lowest BCUT2D eigenvalue weighted by atomic mass is 9.98. The van der Waals surface area contributed by atoms with Gasteiger partial charge in [-0.15, -0.1) is 0 Å². The third-order valence-electron chi connectivity index (χ3n) is 3.00. The van der Waals surface area contributed by atoms with Crippen molar-refractivity contribution >= 4 is 0 Å². The highest BCUT2D eigenvalue weighted by molar-refractivity contribution is 4.94. The average molecular weight is 182 g/mol. The quantitative estimate of drug-likeness (QED) is 0.503. The predicted molar refractivity (Wildman–Crippen MR) is 57.7 cm³/mol. The second-order valence-corrected chi connectivity index (χ2v) is 3.98. The molecule has 0 aliphatic heterocycles. The minimum Gasteiger partial charge on any atom is -0.329 e. The number of nitrogens with one attached hydrogen (secondary N) is 1. The Hall–Kier alpha value is -0.340. The van der Waals surface area contributed by atoms with Crippen LogP contribution < -0.4 is 11.1 Å². The van der Waals surface area contributed by atoms with Crippen molar-refractivity contribution in [3.63, 3.8) is 0 Å². The fraction of sp³-hybridized carbons (Fsp3) is 0.818. The number of nitrogens with two attached hydrogens (primary N) is 1. The van der Waals surface area contributed by atoms with Gasteiger partial charge in [0.1, 0.15) is 0 Å². The Morgan fingerprint density at radius 2 is 2.08 bits per heavy atom. The molecule has 0 spiro atoms. The van der Waals surface area contributed by atoms with Crippen LogP contribution in [0, 0.1) is 0 Å². The Kier molecular flexibility index (Phi) is 4.46. The highest BCUT2D eigenvalue weighted by Gasteiger charge is 2.30. The van der Waals surface area contributed by atoms with Gasteiger partial charge in [-0.2, -0.15) is 0 Å². The number of hydrogen-bond acceptors (Lipinski definition) is 2. The van der Waals surface area contributed by atoms with E-state index in [0.29, 0.717) is 0 Å². The Morgan fingerprint density at radius 1 is 1.38 bits per heavy atom. The van der Waals surface area contributed by atoms with Crippen LogP contribution in [0.1, 0.15) is 39.0 Å². The van der Waals surface area contributed by atoms with Gasteiger partial charge in [-0.1, -0.05) is 25.0 Å². The zero-order valence-electron chi connectivity index (χ0n) is 8.68. The molecule has 2 heteroatoms. The lowest BCUT2D eigenvalue weighted by molar-refractivity contribution is 0.344. The maximum Gasteiger partial charge on any atom is 0.0304 e. The fourth-order valence-corrected chi connectivity index (χ4v) is 2.09. The van der Waals surface area contributed by atoms with Crippen molar-refractivity contribution in [2.45, 2.75) is 44.6 Å². The van der Waals surface area contributed by atoms with Gasteiger partial charge in [0, 0.05) is 12.1 Å². The van der Waals surface area contributed by atoms with Crippen LogP contribution in [0.2, 0.25) is 0 Å². The molecular weight excluding hydrogens is 160 g/mol. The van der Waals surface area contributed by atoms with Crippen LogP contribution in [0.15, 0.2) is 12.2 Å². The van der Waals surface area contributed by atoms with Crippen molar-refractivity contribution in [3.05, 3.63) is 12.2 Å². The Bertz CT molecular complexity index is 157. The second kappa shape index (κ2) is 5.40. The molecule has 1 aliphatic carbocycles. The van der Waals surface area contributed by atoms with Crippen molar-refractivity contribution < 1.29 is 0 Å². The first-order valence-electron chi connectivity index (χ1n) is 5.39. The highest BCUT2D eigenvalue weighted by atomic mass is 15.0. The van der Waals surface area contributed by atoms with E-state index in [0.717, 1.165) is 19.5 Å². The maximum atomic E-state index is 5.80. The van der Waals surface area contributed by atoms with Crippen LogP contribution in [0.5, 0.6) is 0 Å². The molecule has 1 saturated carbocycles. The summed E-state index contributed by atoms with van der Waals surface area (Å²) in [6.07, 6.45) is 10.6. The molecular formula is C11H22N2. The standard InChI is InChI=1S/C11H22N2/c1-2-3-6-9-13-11(10-12)7-4-5-8-11/h2-3,13H,4-10,12H2,1H3/b3-2+. The summed E-state index contributed by atoms with van der Waals surface area (Å²) in [5.74, 6) is 0. The third-order valence-corrected chi connectivity index (χ3v) is 3.00. The molecule has 13 heavy (non-hydrogen) atoms. The predicted octanol–water partition coefficient (Wildman–Crippen LogP) is 1.81. The molecule has 1 fully saturated rings. The molecule has 0 unspecified atom stereocenters. The van der Waals surface area contributed by atoms with Crippen LogP contribution in [0.25, 0.3) is 0 Å². The molecule has 0 saturated heterocycles. The SMILES string of the molecule is C/C=C/CCNC1(CN)CCCC1. The third kappa shape index (κ3) is 3.12. The zero-order chi connectivity index (χ0) is 9.57. The summed E-state index contributed by atoms with van der Waals surface area (Å²) < 4.78 is 0. The van der Waals surface area contributed by atoms with Crippen molar-refractivity contribution in [1.82, 2.24) is 5.32 Å². The van der Waals surface area contributed by atoms with Gasteiger partial charge in [0.2, 0.25) is 0 Å². The van der Waals surface area contributed by atoms with Gasteiger partial charge in [-0.25, -0.2) is 0 Å². The zero-order valence-corrected chi connectivity index (χ0v) is 8.68. The minimum absolute atomic E-state index is 0.279. The lowest BCUT2D eigenvalue weighted by Gasteiger charge is -2.28. The summed E-state index contributed by atoms with van der Waals surface area (Å²) in [5.41, 5.74) is 6.08. The van der Waals surface area contributed by atoms with E-state index in [-0.39, 0.29) is 5.54 Å². The molecule has 0 radical (unpaired) electrons. The van der Waals surface area contributed by atoms with Crippen molar-refractivity contribution in [1.29, 1.82) is 0 Å². The van der Waals surface area contributed by atoms with Crippen LogP contribution >= 0.6 is 0 Å². The molecule has 3 N–H and O–H groups in total. The van der Waals surface area contributed by atoms with Crippen LogP contribution in [0.4, 0.5) is 0 Å². The van der Waals surface area contributed by atoms with Crippen molar-refractivity contribution in [2.75, 3.05) is 13.1 Å². The van der Waals surface area contributed by atoms with Gasteiger partial charge >= 0.3 is 0 Å². The molecule has 1 rings (SSSR count). The second-order valence-electron chi connectivity index (χ2n) is 3.98. The van der Waals surface area contributed by atoms with Crippen molar-refractivity contribution in [2.24, 2.45) is 5.73 Å². The monoisotopic (exact) mass is 182 g/mol. The molecule has 0 heterocycles. The largest absolute Gasteiger partial charge is 0.329 e. The highest BCUT2D eigenvalue weighted by Crippen LogP contribution is 2.28. The minimum atomic E-state index is 0.279. The van der Waals surface area contributed by atoms with Crippen molar-refractivity contribution in [3.8, 4) is 0 Å². The normalized spacial score (nSPS) is 21.4. The molecule has 76 valence electrons. The van der Waals surface area contributed by atoms with E-state index in [9.17, 15) is 0 Å². The van der Waals surface area contributed by atoms with Gasteiger partial charge in [0.15, 0.2) is 0 Å². The molecule has 0 aromatic carbocycles. The number of allylic oxidation sites excluding steroid dienone is 1. The molecule has 1 aliphatic rings. The first kappa shape index (κ1) is 10.7. The summed E-state index contributed by atoms with van der Waals surface area (Å²) in [4.78, 5) is 0. The Labute approximate surface area is 81.6 Å². The van der Waals surface area contributed by atoms with E-state index in [4.69, 9.17) is 5.73 Å². The van der Waals surface area contributed by atoms with E-state index < -0.39 is 0 Å². The van der Waals surface area contributed by atoms with Gasteiger partial charge in [-0.3, -0.25) is 0 Å². The van der Waals surface area contributed by atoms with Crippen LogP contribution in [-0.2, 0) is 0 Å². The molecule has 0 bridgehead atoms. The summed E-state index contributed by atoms with van der Waals surface area (Å²) in [7, 11) is 0.